The molecular formula is C26H22FNO4. The van der Waals surface area contributed by atoms with Gasteiger partial charge in [0.1, 0.15) is 17.1 Å². The first-order valence-corrected chi connectivity index (χ1v) is 10.2. The van der Waals surface area contributed by atoms with Gasteiger partial charge in [-0.15, -0.1) is 0 Å². The molecule has 32 heavy (non-hydrogen) atoms. The van der Waals surface area contributed by atoms with E-state index in [-0.39, 0.29) is 17.0 Å². The van der Waals surface area contributed by atoms with E-state index in [1.54, 1.807) is 31.2 Å². The average Bonchev–Trinajstić information content (AvgIpc) is 3.15. The van der Waals surface area contributed by atoms with Gasteiger partial charge in [-0.05, 0) is 74.4 Å². The molecule has 0 saturated heterocycles. The molecule has 3 aromatic carbocycles. The minimum atomic E-state index is -0.821. The third-order valence-corrected chi connectivity index (χ3v) is 5.38. The molecule has 0 radical (unpaired) electrons. The number of benzene rings is 3. The number of rotatable bonds is 6. The van der Waals surface area contributed by atoms with E-state index in [1.807, 2.05) is 32.0 Å². The van der Waals surface area contributed by atoms with Gasteiger partial charge in [0.2, 0.25) is 5.78 Å². The number of hydrogen-bond acceptors (Lipinski definition) is 4. The molecule has 1 N–H and O–H groups in total. The summed E-state index contributed by atoms with van der Waals surface area (Å²) in [6, 6.07) is 17.8. The number of nitrogens with one attached hydrogen (secondary N) is 1. The number of carbonyl (C=O) groups excluding carboxylic acids is 2. The van der Waals surface area contributed by atoms with Gasteiger partial charge in [0.05, 0.1) is 5.69 Å². The van der Waals surface area contributed by atoms with E-state index in [1.165, 1.54) is 24.3 Å². The number of carbonyl (C=O) groups is 2. The van der Waals surface area contributed by atoms with E-state index in [0.29, 0.717) is 16.7 Å². The van der Waals surface area contributed by atoms with Crippen molar-refractivity contribution in [2.24, 2.45) is 0 Å². The van der Waals surface area contributed by atoms with Crippen LogP contribution in [0.15, 0.2) is 71.1 Å². The average molecular weight is 431 g/mol. The molecule has 0 aliphatic carbocycles. The van der Waals surface area contributed by atoms with Crippen LogP contribution in [-0.4, -0.2) is 17.8 Å². The van der Waals surface area contributed by atoms with Crippen LogP contribution < -0.4 is 10.1 Å². The lowest BCUT2D eigenvalue weighted by molar-refractivity contribution is -0.122. The van der Waals surface area contributed by atoms with Crippen LogP contribution in [0.1, 0.15) is 34.2 Å². The van der Waals surface area contributed by atoms with Crippen LogP contribution in [0.25, 0.3) is 11.0 Å². The summed E-state index contributed by atoms with van der Waals surface area (Å²) in [7, 11) is 0. The molecule has 1 amide bonds. The summed E-state index contributed by atoms with van der Waals surface area (Å²) in [5, 5.41) is 3.39. The highest BCUT2D eigenvalue weighted by Crippen LogP contribution is 2.33. The van der Waals surface area contributed by atoms with Gasteiger partial charge in [0, 0.05) is 10.9 Å². The van der Waals surface area contributed by atoms with Crippen molar-refractivity contribution in [3.63, 3.8) is 0 Å². The number of ether oxygens (including phenoxy) is 1. The maximum absolute atomic E-state index is 13.3. The highest BCUT2D eigenvalue weighted by Gasteiger charge is 2.25. The second-order valence-corrected chi connectivity index (χ2v) is 7.59. The van der Waals surface area contributed by atoms with Crippen molar-refractivity contribution in [1.29, 1.82) is 0 Å². The smallest absolute Gasteiger partial charge is 0.265 e. The van der Waals surface area contributed by atoms with Crippen LogP contribution in [-0.2, 0) is 4.79 Å². The van der Waals surface area contributed by atoms with Gasteiger partial charge < -0.3 is 14.5 Å². The number of ketones is 1. The molecule has 1 aromatic heterocycles. The fourth-order valence-corrected chi connectivity index (χ4v) is 3.38. The van der Waals surface area contributed by atoms with Crippen LogP contribution in [0.2, 0.25) is 0 Å². The Kier molecular flexibility index (Phi) is 5.77. The van der Waals surface area contributed by atoms with E-state index in [4.69, 9.17) is 9.15 Å². The summed E-state index contributed by atoms with van der Waals surface area (Å²) in [6.45, 7) is 5.54. The topological polar surface area (TPSA) is 68.5 Å². The zero-order valence-electron chi connectivity index (χ0n) is 17.9. The third kappa shape index (κ3) is 4.12. The standard InChI is InChI=1S/C26H22FNO4/c1-15-7-6-10-21(16(15)2)31-17(3)26(30)28-23-20-8-4-5-9-22(20)32-25(23)24(29)18-11-13-19(27)14-12-18/h4-14,17H,1-3H3,(H,28,30). The van der Waals surface area contributed by atoms with Crippen molar-refractivity contribution < 1.29 is 23.1 Å². The van der Waals surface area contributed by atoms with Crippen molar-refractivity contribution in [2.75, 3.05) is 5.32 Å². The van der Waals surface area contributed by atoms with E-state index in [2.05, 4.69) is 5.32 Å². The second-order valence-electron chi connectivity index (χ2n) is 7.59. The highest BCUT2D eigenvalue weighted by atomic mass is 19.1. The Morgan fingerprint density at radius 3 is 2.44 bits per heavy atom. The van der Waals surface area contributed by atoms with E-state index in [9.17, 15) is 14.0 Å². The lowest BCUT2D eigenvalue weighted by Crippen LogP contribution is -2.30. The van der Waals surface area contributed by atoms with Gasteiger partial charge in [-0.3, -0.25) is 9.59 Å². The van der Waals surface area contributed by atoms with Crippen LogP contribution >= 0.6 is 0 Å². The number of anilines is 1. The lowest BCUT2D eigenvalue weighted by atomic mass is 10.1. The predicted molar refractivity (Wildman–Crippen MR) is 121 cm³/mol. The number of hydrogen-bond donors (Lipinski definition) is 1. The van der Waals surface area contributed by atoms with Crippen molar-refractivity contribution in [3.05, 3.63) is 95.0 Å². The first-order chi connectivity index (χ1) is 15.3. The minimum absolute atomic E-state index is 0.0231. The van der Waals surface area contributed by atoms with E-state index >= 15 is 0 Å². The van der Waals surface area contributed by atoms with E-state index in [0.717, 1.165) is 11.1 Å². The molecule has 4 rings (SSSR count). The van der Waals surface area contributed by atoms with Crippen molar-refractivity contribution >= 4 is 28.3 Å². The number of amides is 1. The summed E-state index contributed by atoms with van der Waals surface area (Å²) >= 11 is 0. The predicted octanol–water partition coefficient (Wildman–Crippen LogP) is 5.83. The molecule has 6 heteroatoms. The van der Waals surface area contributed by atoms with Gasteiger partial charge in [-0.25, -0.2) is 4.39 Å². The molecule has 0 fully saturated rings. The van der Waals surface area contributed by atoms with Crippen LogP contribution in [0.3, 0.4) is 0 Å². The zero-order valence-corrected chi connectivity index (χ0v) is 17.9. The molecule has 4 aromatic rings. The molecule has 0 saturated carbocycles. The monoisotopic (exact) mass is 431 g/mol. The van der Waals surface area contributed by atoms with Gasteiger partial charge in [0.15, 0.2) is 11.9 Å². The molecule has 1 atom stereocenters. The SMILES string of the molecule is Cc1cccc(OC(C)C(=O)Nc2c(C(=O)c3ccc(F)cc3)oc3ccccc23)c1C. The van der Waals surface area contributed by atoms with Crippen molar-refractivity contribution in [3.8, 4) is 5.75 Å². The molecule has 162 valence electrons. The van der Waals surface area contributed by atoms with Gasteiger partial charge in [-0.1, -0.05) is 24.3 Å². The molecule has 5 nitrogen and oxygen atoms in total. The Hall–Kier alpha value is -3.93. The number of fused-ring (bicyclic) bond motifs is 1. The van der Waals surface area contributed by atoms with Crippen molar-refractivity contribution in [1.82, 2.24) is 0 Å². The van der Waals surface area contributed by atoms with E-state index < -0.39 is 23.6 Å². The normalized spacial score (nSPS) is 11.9. The lowest BCUT2D eigenvalue weighted by Gasteiger charge is -2.17. The fraction of sp³-hybridized carbons (Fsp3) is 0.154. The zero-order chi connectivity index (χ0) is 22.8. The largest absolute Gasteiger partial charge is 0.481 e. The first-order valence-electron chi connectivity index (χ1n) is 10.2. The highest BCUT2D eigenvalue weighted by molar-refractivity contribution is 6.17. The summed E-state index contributed by atoms with van der Waals surface area (Å²) in [6.07, 6.45) is -0.821. The Bertz CT molecular complexity index is 1310. The Balaban J connectivity index is 1.65. The van der Waals surface area contributed by atoms with Crippen LogP contribution in [0.4, 0.5) is 10.1 Å². The summed E-state index contributed by atoms with van der Waals surface area (Å²) in [5.74, 6) is -0.736. The number of furan rings is 1. The second kappa shape index (κ2) is 8.67. The third-order valence-electron chi connectivity index (χ3n) is 5.38. The molecule has 0 spiro atoms. The van der Waals surface area contributed by atoms with Crippen molar-refractivity contribution in [2.45, 2.75) is 26.9 Å². The fourth-order valence-electron chi connectivity index (χ4n) is 3.38. The molecule has 0 aliphatic rings. The maximum Gasteiger partial charge on any atom is 0.265 e. The molecule has 1 heterocycles. The van der Waals surface area contributed by atoms with Gasteiger partial charge in [-0.2, -0.15) is 0 Å². The summed E-state index contributed by atoms with van der Waals surface area (Å²) < 4.78 is 24.9. The summed E-state index contributed by atoms with van der Waals surface area (Å²) in [4.78, 5) is 26.0. The molecule has 0 bridgehead atoms. The maximum atomic E-state index is 13.3. The number of aryl methyl sites for hydroxylation is 1. The Morgan fingerprint density at radius 2 is 1.69 bits per heavy atom. The number of para-hydroxylation sites is 1. The minimum Gasteiger partial charge on any atom is -0.481 e. The van der Waals surface area contributed by atoms with Gasteiger partial charge >= 0.3 is 0 Å². The van der Waals surface area contributed by atoms with Crippen LogP contribution in [0, 0.1) is 19.7 Å². The molecular weight excluding hydrogens is 409 g/mol. The quantitative estimate of drug-likeness (QED) is 0.390. The molecule has 0 aliphatic heterocycles. The Morgan fingerprint density at radius 1 is 0.969 bits per heavy atom. The number of halogens is 1. The molecule has 1 unspecified atom stereocenters. The van der Waals surface area contributed by atoms with Gasteiger partial charge in [0.25, 0.3) is 5.91 Å². The summed E-state index contributed by atoms with van der Waals surface area (Å²) in [5.41, 5.74) is 2.98. The first kappa shape index (κ1) is 21.3. The van der Waals surface area contributed by atoms with Crippen LogP contribution in [0.5, 0.6) is 5.75 Å². The Labute approximate surface area is 184 Å².